The zero-order valence-corrected chi connectivity index (χ0v) is 14.5. The van der Waals surface area contributed by atoms with Crippen LogP contribution in [0.4, 0.5) is 0 Å². The Labute approximate surface area is 140 Å². The highest BCUT2D eigenvalue weighted by Crippen LogP contribution is 2.40. The lowest BCUT2D eigenvalue weighted by Crippen LogP contribution is -2.30. The van der Waals surface area contributed by atoms with Gasteiger partial charge in [-0.15, -0.1) is 0 Å². The summed E-state index contributed by atoms with van der Waals surface area (Å²) < 4.78 is 1.34. The molecule has 0 spiro atoms. The fourth-order valence-corrected chi connectivity index (χ4v) is 4.11. The number of hydrogen-bond donors (Lipinski definition) is 1. The number of likely N-dealkylation sites (N-methyl/N-ethyl adjacent to an activating group) is 1. The predicted octanol–water partition coefficient (Wildman–Crippen LogP) is 4.46. The van der Waals surface area contributed by atoms with Gasteiger partial charge in [0.05, 0.1) is 0 Å². The topological polar surface area (TPSA) is 24.9 Å². The van der Waals surface area contributed by atoms with Crippen LogP contribution in [-0.2, 0) is 6.42 Å². The Balaban J connectivity index is 2.01. The van der Waals surface area contributed by atoms with E-state index in [-0.39, 0.29) is 0 Å². The van der Waals surface area contributed by atoms with E-state index >= 15 is 0 Å². The molecule has 21 heavy (non-hydrogen) atoms. The van der Waals surface area contributed by atoms with Gasteiger partial charge in [0.1, 0.15) is 0 Å². The standard InChI is InChI=1S/C18H21IN2/c1-2-20-18(14-9-3-4-11-16(14)19)15-10-5-7-13-8-6-12-21-17(13)15/h3-4,6,8-9,11-12,15,18,20H,2,5,7,10H2,1H3. The molecule has 1 aromatic heterocycles. The quantitative estimate of drug-likeness (QED) is 0.778. The molecule has 0 aliphatic heterocycles. The van der Waals surface area contributed by atoms with Crippen molar-refractivity contribution >= 4 is 22.6 Å². The third kappa shape index (κ3) is 3.14. The number of nitrogens with one attached hydrogen (secondary N) is 1. The molecule has 0 radical (unpaired) electrons. The third-order valence-corrected chi connectivity index (χ3v) is 5.29. The van der Waals surface area contributed by atoms with E-state index in [1.807, 2.05) is 6.20 Å². The summed E-state index contributed by atoms with van der Waals surface area (Å²) in [6.07, 6.45) is 5.59. The second kappa shape index (κ2) is 6.88. The SMILES string of the molecule is CCNC(c1ccccc1I)C1CCCc2cccnc21. The lowest BCUT2D eigenvalue weighted by molar-refractivity contribution is 0.399. The van der Waals surface area contributed by atoms with Gasteiger partial charge in [-0.05, 0) is 71.7 Å². The van der Waals surface area contributed by atoms with Crippen molar-refractivity contribution in [1.29, 1.82) is 0 Å². The smallest absolute Gasteiger partial charge is 0.0485 e. The Bertz CT molecular complexity index is 612. The normalized spacial score (nSPS) is 19.0. The van der Waals surface area contributed by atoms with Crippen molar-refractivity contribution in [3.05, 3.63) is 63.0 Å². The number of rotatable bonds is 4. The summed E-state index contributed by atoms with van der Waals surface area (Å²) in [5.74, 6) is 0.478. The molecular weight excluding hydrogens is 371 g/mol. The number of aryl methyl sites for hydroxylation is 1. The summed E-state index contributed by atoms with van der Waals surface area (Å²) in [6.45, 7) is 3.17. The number of halogens is 1. The van der Waals surface area contributed by atoms with Gasteiger partial charge in [0.15, 0.2) is 0 Å². The average Bonchev–Trinajstić information content (AvgIpc) is 2.53. The molecule has 0 fully saturated rings. The van der Waals surface area contributed by atoms with Crippen LogP contribution in [0.15, 0.2) is 42.6 Å². The van der Waals surface area contributed by atoms with Crippen molar-refractivity contribution in [2.24, 2.45) is 0 Å². The van der Waals surface area contributed by atoms with E-state index in [0.29, 0.717) is 12.0 Å². The predicted molar refractivity (Wildman–Crippen MR) is 95.5 cm³/mol. The van der Waals surface area contributed by atoms with Gasteiger partial charge < -0.3 is 5.32 Å². The maximum atomic E-state index is 4.72. The van der Waals surface area contributed by atoms with E-state index < -0.39 is 0 Å². The van der Waals surface area contributed by atoms with Crippen molar-refractivity contribution in [3.8, 4) is 0 Å². The molecule has 1 aliphatic rings. The molecular formula is C18H21IN2. The molecule has 0 amide bonds. The summed E-state index contributed by atoms with van der Waals surface area (Å²) in [5, 5.41) is 3.71. The highest BCUT2D eigenvalue weighted by atomic mass is 127. The lowest BCUT2D eigenvalue weighted by atomic mass is 9.79. The van der Waals surface area contributed by atoms with Crippen LogP contribution < -0.4 is 5.32 Å². The molecule has 1 N–H and O–H groups in total. The molecule has 110 valence electrons. The Morgan fingerprint density at radius 1 is 1.29 bits per heavy atom. The van der Waals surface area contributed by atoms with Crippen LogP contribution in [-0.4, -0.2) is 11.5 Å². The number of benzene rings is 1. The number of pyridine rings is 1. The van der Waals surface area contributed by atoms with Crippen molar-refractivity contribution < 1.29 is 0 Å². The van der Waals surface area contributed by atoms with E-state index in [9.17, 15) is 0 Å². The van der Waals surface area contributed by atoms with E-state index in [1.54, 1.807) is 0 Å². The summed E-state index contributed by atoms with van der Waals surface area (Å²) >= 11 is 2.45. The highest BCUT2D eigenvalue weighted by molar-refractivity contribution is 14.1. The average molecular weight is 392 g/mol. The van der Waals surface area contributed by atoms with Gasteiger partial charge in [0.2, 0.25) is 0 Å². The van der Waals surface area contributed by atoms with Crippen LogP contribution >= 0.6 is 22.6 Å². The molecule has 2 nitrogen and oxygen atoms in total. The van der Waals surface area contributed by atoms with Crippen LogP contribution in [0.25, 0.3) is 0 Å². The minimum Gasteiger partial charge on any atom is -0.310 e. The first-order chi connectivity index (χ1) is 10.3. The Morgan fingerprint density at radius 2 is 2.14 bits per heavy atom. The zero-order chi connectivity index (χ0) is 14.7. The second-order valence-corrected chi connectivity index (χ2v) is 6.77. The molecule has 2 aromatic rings. The molecule has 0 bridgehead atoms. The molecule has 0 saturated carbocycles. The Kier molecular flexibility index (Phi) is 4.91. The first-order valence-electron chi connectivity index (χ1n) is 7.73. The van der Waals surface area contributed by atoms with Crippen LogP contribution in [0.1, 0.15) is 48.5 Å². The molecule has 3 rings (SSSR count). The van der Waals surface area contributed by atoms with Gasteiger partial charge in [-0.3, -0.25) is 4.98 Å². The molecule has 2 atom stereocenters. The van der Waals surface area contributed by atoms with Crippen molar-refractivity contribution in [1.82, 2.24) is 10.3 Å². The van der Waals surface area contributed by atoms with E-state index in [4.69, 9.17) is 4.98 Å². The largest absolute Gasteiger partial charge is 0.310 e. The van der Waals surface area contributed by atoms with Crippen LogP contribution in [0.3, 0.4) is 0 Å². The van der Waals surface area contributed by atoms with Crippen LogP contribution in [0, 0.1) is 3.57 Å². The number of nitrogens with zero attached hydrogens (tertiary/aromatic N) is 1. The van der Waals surface area contributed by atoms with Crippen molar-refractivity contribution in [2.45, 2.75) is 38.1 Å². The fourth-order valence-electron chi connectivity index (χ4n) is 3.39. The lowest BCUT2D eigenvalue weighted by Gasteiger charge is -2.32. The Hall–Kier alpha value is -0.940. The van der Waals surface area contributed by atoms with E-state index in [2.05, 4.69) is 71.2 Å². The van der Waals surface area contributed by atoms with Gasteiger partial charge in [-0.25, -0.2) is 0 Å². The van der Waals surface area contributed by atoms with Crippen molar-refractivity contribution in [2.75, 3.05) is 6.54 Å². The third-order valence-electron chi connectivity index (χ3n) is 4.31. The highest BCUT2D eigenvalue weighted by Gasteiger charge is 2.30. The van der Waals surface area contributed by atoms with E-state index in [1.165, 1.54) is 39.7 Å². The fraction of sp³-hybridized carbons (Fsp3) is 0.389. The van der Waals surface area contributed by atoms with Gasteiger partial charge in [-0.2, -0.15) is 0 Å². The molecule has 0 saturated heterocycles. The summed E-state index contributed by atoms with van der Waals surface area (Å²) in [4.78, 5) is 4.72. The molecule has 1 aromatic carbocycles. The van der Waals surface area contributed by atoms with Gasteiger partial charge in [0, 0.05) is 27.4 Å². The molecule has 1 heterocycles. The minimum absolute atomic E-state index is 0.358. The van der Waals surface area contributed by atoms with Crippen LogP contribution in [0.5, 0.6) is 0 Å². The van der Waals surface area contributed by atoms with E-state index in [0.717, 1.165) is 6.54 Å². The van der Waals surface area contributed by atoms with Gasteiger partial charge >= 0.3 is 0 Å². The monoisotopic (exact) mass is 392 g/mol. The minimum atomic E-state index is 0.358. The van der Waals surface area contributed by atoms with Gasteiger partial charge in [0.25, 0.3) is 0 Å². The molecule has 3 heteroatoms. The molecule has 1 aliphatic carbocycles. The van der Waals surface area contributed by atoms with Gasteiger partial charge in [-0.1, -0.05) is 31.2 Å². The summed E-state index contributed by atoms with van der Waals surface area (Å²) in [7, 11) is 0. The first kappa shape index (κ1) is 15.0. The number of aromatic nitrogens is 1. The maximum Gasteiger partial charge on any atom is 0.0485 e. The van der Waals surface area contributed by atoms with Crippen LogP contribution in [0.2, 0.25) is 0 Å². The number of fused-ring (bicyclic) bond motifs is 1. The zero-order valence-electron chi connectivity index (χ0n) is 12.3. The van der Waals surface area contributed by atoms with Crippen molar-refractivity contribution in [3.63, 3.8) is 0 Å². The number of hydrogen-bond acceptors (Lipinski definition) is 2. The Morgan fingerprint density at radius 3 is 2.95 bits per heavy atom. The second-order valence-electron chi connectivity index (χ2n) is 5.60. The summed E-state index contributed by atoms with van der Waals surface area (Å²) in [5.41, 5.74) is 4.14. The first-order valence-corrected chi connectivity index (χ1v) is 8.80. The maximum absolute atomic E-state index is 4.72. The summed E-state index contributed by atoms with van der Waals surface area (Å²) in [6, 6.07) is 13.4. The molecule has 2 unspecified atom stereocenters.